The third-order valence-electron chi connectivity index (χ3n) is 8.64. The van der Waals surface area contributed by atoms with E-state index in [4.69, 9.17) is 4.74 Å². The molecule has 10 nitrogen and oxygen atoms in total. The van der Waals surface area contributed by atoms with E-state index in [1.807, 2.05) is 59.2 Å². The van der Waals surface area contributed by atoms with Gasteiger partial charge in [0.25, 0.3) is 11.5 Å². The molecule has 0 radical (unpaired) electrons. The minimum atomic E-state index is -0.365. The number of nitrogens with zero attached hydrogens (tertiary/aromatic N) is 4. The second-order valence-corrected chi connectivity index (χ2v) is 11.5. The summed E-state index contributed by atoms with van der Waals surface area (Å²) in [6.07, 6.45) is 3.90. The van der Waals surface area contributed by atoms with Crippen molar-refractivity contribution in [2.24, 2.45) is 5.92 Å². The van der Waals surface area contributed by atoms with Gasteiger partial charge in [0.2, 0.25) is 5.91 Å². The molecule has 44 heavy (non-hydrogen) atoms. The summed E-state index contributed by atoms with van der Waals surface area (Å²) in [5.74, 6) is 0.0332. The number of rotatable bonds is 6. The van der Waals surface area contributed by atoms with Crippen molar-refractivity contribution in [2.75, 3.05) is 56.1 Å². The van der Waals surface area contributed by atoms with Gasteiger partial charge in [-0.3, -0.25) is 14.4 Å². The first-order valence-corrected chi connectivity index (χ1v) is 15.2. The fraction of sp³-hybridized carbons (Fsp3) is 0.353. The molecule has 10 heteroatoms. The lowest BCUT2D eigenvalue weighted by Gasteiger charge is -2.44. The SMILES string of the molecule is CCOC(=O)N1CCN(C(=O)c2ccc(N3CC4CC(C3)c3cccc(=O)n3C4)c(NC(=O)/C=C/c3ccccc3)c2)CC1. The molecule has 0 saturated carbocycles. The standard InChI is InChI=1S/C34H37N5O5/c1-2-44-34(43)37-17-15-36(16-18-37)33(42)26-12-13-30(28(20-26)35-31(40)14-11-24-7-4-3-5-8-24)38-21-25-19-27(23-38)29-9-6-10-32(41)39(29)22-25/h3-14,20,25,27H,2,15-19,21-23H2,1H3,(H,35,40)/b14-11+. The average Bonchev–Trinajstić information content (AvgIpc) is 3.04. The van der Waals surface area contributed by atoms with Crippen molar-refractivity contribution in [1.82, 2.24) is 14.4 Å². The predicted molar refractivity (Wildman–Crippen MR) is 169 cm³/mol. The summed E-state index contributed by atoms with van der Waals surface area (Å²) in [6, 6.07) is 20.6. The number of carbonyl (C=O) groups excluding carboxylic acids is 3. The molecule has 4 heterocycles. The summed E-state index contributed by atoms with van der Waals surface area (Å²) >= 11 is 0. The molecule has 0 spiro atoms. The number of fused-ring (bicyclic) bond motifs is 4. The molecule has 3 aliphatic rings. The average molecular weight is 596 g/mol. The molecule has 2 atom stereocenters. The number of hydrogen-bond donors (Lipinski definition) is 1. The molecule has 1 aromatic heterocycles. The Hall–Kier alpha value is -4.86. The quantitative estimate of drug-likeness (QED) is 0.432. The Morgan fingerprint density at radius 1 is 0.909 bits per heavy atom. The van der Waals surface area contributed by atoms with Crippen molar-refractivity contribution in [1.29, 1.82) is 0 Å². The van der Waals surface area contributed by atoms with E-state index in [1.165, 1.54) is 6.08 Å². The highest BCUT2D eigenvalue weighted by atomic mass is 16.6. The molecule has 2 unspecified atom stereocenters. The van der Waals surface area contributed by atoms with Crippen molar-refractivity contribution in [2.45, 2.75) is 25.8 Å². The van der Waals surface area contributed by atoms with E-state index in [2.05, 4.69) is 10.2 Å². The summed E-state index contributed by atoms with van der Waals surface area (Å²) in [7, 11) is 0. The fourth-order valence-corrected chi connectivity index (χ4v) is 6.54. The van der Waals surface area contributed by atoms with Crippen LogP contribution in [-0.4, -0.2) is 78.1 Å². The summed E-state index contributed by atoms with van der Waals surface area (Å²) in [4.78, 5) is 57.0. The Bertz CT molecular complexity index is 1630. The maximum atomic E-state index is 13.6. The van der Waals surface area contributed by atoms with Crippen molar-refractivity contribution in [3.63, 3.8) is 0 Å². The minimum Gasteiger partial charge on any atom is -0.450 e. The Morgan fingerprint density at radius 2 is 1.68 bits per heavy atom. The molecule has 0 aliphatic carbocycles. The third-order valence-corrected chi connectivity index (χ3v) is 8.64. The smallest absolute Gasteiger partial charge is 0.409 e. The molecular formula is C34H37N5O5. The van der Waals surface area contributed by atoms with Crippen molar-refractivity contribution >= 4 is 35.4 Å². The van der Waals surface area contributed by atoms with Gasteiger partial charge in [0.05, 0.1) is 18.0 Å². The van der Waals surface area contributed by atoms with Crippen LogP contribution in [0, 0.1) is 5.92 Å². The molecule has 2 saturated heterocycles. The minimum absolute atomic E-state index is 0.0368. The lowest BCUT2D eigenvalue weighted by Crippen LogP contribution is -2.50. The molecule has 2 fully saturated rings. The second kappa shape index (κ2) is 12.8. The molecule has 228 valence electrons. The van der Waals surface area contributed by atoms with E-state index in [0.717, 1.165) is 29.9 Å². The zero-order valence-electron chi connectivity index (χ0n) is 24.9. The van der Waals surface area contributed by atoms with Crippen LogP contribution in [0.4, 0.5) is 16.2 Å². The van der Waals surface area contributed by atoms with Gasteiger partial charge in [0.1, 0.15) is 0 Å². The first-order valence-electron chi connectivity index (χ1n) is 15.2. The molecule has 1 N–H and O–H groups in total. The lowest BCUT2D eigenvalue weighted by atomic mass is 9.83. The van der Waals surface area contributed by atoms with Crippen LogP contribution in [0.5, 0.6) is 0 Å². The highest BCUT2D eigenvalue weighted by Crippen LogP contribution is 2.39. The van der Waals surface area contributed by atoms with Crippen LogP contribution in [0.2, 0.25) is 0 Å². The van der Waals surface area contributed by atoms with Gasteiger partial charge in [-0.05, 0) is 55.2 Å². The van der Waals surface area contributed by atoms with Crippen LogP contribution in [0.25, 0.3) is 6.08 Å². The van der Waals surface area contributed by atoms with Gasteiger partial charge in [-0.2, -0.15) is 0 Å². The van der Waals surface area contributed by atoms with Gasteiger partial charge in [0.15, 0.2) is 0 Å². The number of piperidine rings is 1. The summed E-state index contributed by atoms with van der Waals surface area (Å²) in [5.41, 5.74) is 3.87. The Labute approximate surface area is 256 Å². The van der Waals surface area contributed by atoms with Crippen LogP contribution in [-0.2, 0) is 16.1 Å². The zero-order chi connectivity index (χ0) is 30.6. The molecule has 2 aromatic carbocycles. The predicted octanol–water partition coefficient (Wildman–Crippen LogP) is 4.04. The number of hydrogen-bond acceptors (Lipinski definition) is 6. The van der Waals surface area contributed by atoms with Crippen LogP contribution in [0.3, 0.4) is 0 Å². The zero-order valence-corrected chi connectivity index (χ0v) is 24.9. The molecule has 2 bridgehead atoms. The molecule has 3 amide bonds. The topological polar surface area (TPSA) is 104 Å². The van der Waals surface area contributed by atoms with E-state index in [0.29, 0.717) is 63.0 Å². The van der Waals surface area contributed by atoms with E-state index >= 15 is 0 Å². The van der Waals surface area contributed by atoms with E-state index in [1.54, 1.807) is 34.9 Å². The van der Waals surface area contributed by atoms with Gasteiger partial charge in [-0.25, -0.2) is 4.79 Å². The Kier molecular flexibility index (Phi) is 8.49. The number of piperazine rings is 1. The van der Waals surface area contributed by atoms with Crippen molar-refractivity contribution in [3.8, 4) is 0 Å². The number of nitrogens with one attached hydrogen (secondary N) is 1. The number of amides is 3. The van der Waals surface area contributed by atoms with Gasteiger partial charge in [0, 0.05) is 75.1 Å². The molecule has 6 rings (SSSR count). The summed E-state index contributed by atoms with van der Waals surface area (Å²) in [6.45, 7) is 5.78. The van der Waals surface area contributed by atoms with Gasteiger partial charge in [-0.15, -0.1) is 0 Å². The normalized spacial score (nSPS) is 19.4. The number of benzene rings is 2. The fourth-order valence-electron chi connectivity index (χ4n) is 6.54. The monoisotopic (exact) mass is 595 g/mol. The van der Waals surface area contributed by atoms with E-state index < -0.39 is 0 Å². The van der Waals surface area contributed by atoms with Crippen LogP contribution in [0.15, 0.2) is 77.6 Å². The summed E-state index contributed by atoms with van der Waals surface area (Å²) in [5, 5.41) is 3.04. The first kappa shape index (κ1) is 29.2. The number of carbonyl (C=O) groups is 3. The first-order chi connectivity index (χ1) is 21.4. The Balaban J connectivity index is 1.25. The van der Waals surface area contributed by atoms with Crippen LogP contribution >= 0.6 is 0 Å². The maximum absolute atomic E-state index is 13.6. The highest BCUT2D eigenvalue weighted by Gasteiger charge is 2.35. The van der Waals surface area contributed by atoms with Crippen molar-refractivity contribution in [3.05, 3.63) is 100.0 Å². The van der Waals surface area contributed by atoms with Gasteiger partial charge >= 0.3 is 6.09 Å². The van der Waals surface area contributed by atoms with Gasteiger partial charge < -0.3 is 29.3 Å². The number of pyridine rings is 1. The maximum Gasteiger partial charge on any atom is 0.409 e. The van der Waals surface area contributed by atoms with E-state index in [9.17, 15) is 19.2 Å². The summed E-state index contributed by atoms with van der Waals surface area (Å²) < 4.78 is 7.00. The third kappa shape index (κ3) is 6.24. The molecule has 3 aliphatic heterocycles. The second-order valence-electron chi connectivity index (χ2n) is 11.5. The molecular weight excluding hydrogens is 558 g/mol. The van der Waals surface area contributed by atoms with Crippen molar-refractivity contribution < 1.29 is 19.1 Å². The highest BCUT2D eigenvalue weighted by molar-refractivity contribution is 6.05. The number of anilines is 2. The number of aromatic nitrogens is 1. The van der Waals surface area contributed by atoms with Crippen LogP contribution < -0.4 is 15.8 Å². The molecule has 3 aromatic rings. The largest absolute Gasteiger partial charge is 0.450 e. The van der Waals surface area contributed by atoms with Crippen LogP contribution in [0.1, 0.15) is 40.9 Å². The van der Waals surface area contributed by atoms with Gasteiger partial charge in [-0.1, -0.05) is 36.4 Å². The Morgan fingerprint density at radius 3 is 2.45 bits per heavy atom. The lowest BCUT2D eigenvalue weighted by molar-refractivity contribution is -0.111. The number of ether oxygens (including phenoxy) is 1. The van der Waals surface area contributed by atoms with E-state index in [-0.39, 0.29) is 29.4 Å².